The van der Waals surface area contributed by atoms with Crippen molar-refractivity contribution in [2.75, 3.05) is 13.1 Å². The zero-order valence-electron chi connectivity index (χ0n) is 14.1. The minimum Gasteiger partial charge on any atom is -0.335 e. The van der Waals surface area contributed by atoms with Gasteiger partial charge in [0.15, 0.2) is 5.78 Å². The molecule has 1 fully saturated rings. The monoisotopic (exact) mass is 344 g/mol. The molecule has 1 amide bonds. The second-order valence-corrected chi connectivity index (χ2v) is 7.52. The number of carbonyl (C=O) groups excluding carboxylic acids is 2. The maximum absolute atomic E-state index is 14.4. The molecule has 1 saturated heterocycles. The van der Waals surface area contributed by atoms with E-state index in [2.05, 4.69) is 0 Å². The minimum atomic E-state index is -3.59. The first-order chi connectivity index (χ1) is 11.6. The maximum Gasteiger partial charge on any atom is 0.349 e. The largest absolute Gasteiger partial charge is 0.349 e. The Morgan fingerprint density at radius 1 is 1.24 bits per heavy atom. The summed E-state index contributed by atoms with van der Waals surface area (Å²) in [5, 5.41) is 9.16. The van der Waals surface area contributed by atoms with E-state index in [1.165, 1.54) is 24.3 Å². The number of benzene rings is 1. The van der Waals surface area contributed by atoms with Crippen molar-refractivity contribution in [2.24, 2.45) is 10.8 Å². The van der Waals surface area contributed by atoms with E-state index in [1.54, 1.807) is 26.0 Å². The number of carbonyl (C=O) groups is 2. The molecule has 130 valence electrons. The Morgan fingerprint density at radius 2 is 1.84 bits per heavy atom. The smallest absolute Gasteiger partial charge is 0.335 e. The summed E-state index contributed by atoms with van der Waals surface area (Å²) in [6.07, 6.45) is 2.00. The van der Waals surface area contributed by atoms with Crippen molar-refractivity contribution in [1.82, 2.24) is 4.90 Å². The Hall–Kier alpha value is -2.55. The van der Waals surface area contributed by atoms with Crippen LogP contribution in [0.5, 0.6) is 0 Å². The number of rotatable bonds is 2. The van der Waals surface area contributed by atoms with Crippen LogP contribution in [0.25, 0.3) is 0 Å². The highest BCUT2D eigenvalue weighted by atomic mass is 19.3. The molecule has 1 aromatic carbocycles. The molecule has 0 saturated carbocycles. The van der Waals surface area contributed by atoms with Crippen LogP contribution >= 0.6 is 0 Å². The molecule has 1 heterocycles. The number of hydrogen-bond acceptors (Lipinski definition) is 3. The van der Waals surface area contributed by atoms with Gasteiger partial charge in [-0.3, -0.25) is 9.59 Å². The average molecular weight is 344 g/mol. The van der Waals surface area contributed by atoms with Gasteiger partial charge in [0.1, 0.15) is 6.07 Å². The van der Waals surface area contributed by atoms with Gasteiger partial charge in [0.25, 0.3) is 5.91 Å². The van der Waals surface area contributed by atoms with Gasteiger partial charge >= 0.3 is 5.92 Å². The first-order valence-electron chi connectivity index (χ1n) is 8.02. The zero-order valence-corrected chi connectivity index (χ0v) is 14.1. The van der Waals surface area contributed by atoms with Crippen LogP contribution in [0, 0.1) is 22.2 Å². The number of nitrogens with zero attached hydrogens (tertiary/aromatic N) is 2. The number of alkyl halides is 2. The fraction of sp³-hybridized carbons (Fsp3) is 0.421. The van der Waals surface area contributed by atoms with E-state index in [0.717, 1.165) is 4.90 Å². The summed E-state index contributed by atoms with van der Waals surface area (Å²) >= 11 is 0. The molecular weight excluding hydrogens is 326 g/mol. The number of allylic oxidation sites excluding steroid dienone is 1. The summed E-state index contributed by atoms with van der Waals surface area (Å²) in [4.78, 5) is 25.5. The lowest BCUT2D eigenvalue weighted by molar-refractivity contribution is -0.171. The van der Waals surface area contributed by atoms with Crippen molar-refractivity contribution in [3.8, 4) is 6.07 Å². The standard InChI is InChI=1S/C19H18F2N2O2/c1-17(2)10-18(8-13(9-22)15(17)24)11-23(12-18)16(25)19(20,21)14-6-4-3-5-7-14/h3-8H,10-12H2,1-2H3. The van der Waals surface area contributed by atoms with Crippen molar-refractivity contribution in [3.05, 3.63) is 47.5 Å². The highest BCUT2D eigenvalue weighted by Gasteiger charge is 2.56. The maximum atomic E-state index is 14.4. The number of halogens is 2. The van der Waals surface area contributed by atoms with Gasteiger partial charge in [-0.15, -0.1) is 0 Å². The number of Topliss-reactive ketones (excluding diaryl/α,β-unsaturated/α-hetero) is 1. The number of nitriles is 1. The average Bonchev–Trinajstić information content (AvgIpc) is 2.55. The summed E-state index contributed by atoms with van der Waals surface area (Å²) in [5.41, 5.74) is -1.60. The predicted molar refractivity (Wildman–Crippen MR) is 86.5 cm³/mol. The first kappa shape index (κ1) is 17.3. The van der Waals surface area contributed by atoms with Crippen LogP contribution in [0.15, 0.2) is 42.0 Å². The molecule has 0 aromatic heterocycles. The van der Waals surface area contributed by atoms with E-state index in [1.807, 2.05) is 6.07 Å². The van der Waals surface area contributed by atoms with Crippen molar-refractivity contribution in [1.29, 1.82) is 5.26 Å². The van der Waals surface area contributed by atoms with Crippen LogP contribution in [0.4, 0.5) is 8.78 Å². The lowest BCUT2D eigenvalue weighted by Gasteiger charge is -2.53. The second-order valence-electron chi connectivity index (χ2n) is 7.52. The molecule has 0 unspecified atom stereocenters. The van der Waals surface area contributed by atoms with E-state index in [0.29, 0.717) is 6.42 Å². The van der Waals surface area contributed by atoms with Crippen LogP contribution in [0.1, 0.15) is 25.8 Å². The van der Waals surface area contributed by atoms with Crippen LogP contribution < -0.4 is 0 Å². The van der Waals surface area contributed by atoms with Crippen LogP contribution in [-0.2, 0) is 15.5 Å². The van der Waals surface area contributed by atoms with Crippen molar-refractivity contribution >= 4 is 11.7 Å². The van der Waals surface area contributed by atoms with E-state index in [-0.39, 0.29) is 30.0 Å². The summed E-state index contributed by atoms with van der Waals surface area (Å²) in [7, 11) is 0. The Morgan fingerprint density at radius 3 is 2.40 bits per heavy atom. The van der Waals surface area contributed by atoms with E-state index in [4.69, 9.17) is 5.26 Å². The predicted octanol–water partition coefficient (Wildman–Crippen LogP) is 3.06. The third-order valence-electron chi connectivity index (χ3n) is 4.93. The van der Waals surface area contributed by atoms with Crippen LogP contribution in [0.2, 0.25) is 0 Å². The molecule has 1 spiro atoms. The van der Waals surface area contributed by atoms with Gasteiger partial charge in [0.05, 0.1) is 5.57 Å². The fourth-order valence-electron chi connectivity index (χ4n) is 3.86. The second kappa shape index (κ2) is 5.48. The molecule has 1 aliphatic heterocycles. The molecule has 0 radical (unpaired) electrons. The highest BCUT2D eigenvalue weighted by Crippen LogP contribution is 2.49. The molecule has 2 aliphatic rings. The van der Waals surface area contributed by atoms with Gasteiger partial charge in [-0.25, -0.2) is 0 Å². The van der Waals surface area contributed by atoms with Crippen molar-refractivity contribution in [3.63, 3.8) is 0 Å². The third kappa shape index (κ3) is 2.74. The molecule has 25 heavy (non-hydrogen) atoms. The molecule has 0 bridgehead atoms. The molecule has 4 nitrogen and oxygen atoms in total. The number of amides is 1. The summed E-state index contributed by atoms with van der Waals surface area (Å²) in [6.45, 7) is 3.67. The molecule has 0 atom stereocenters. The highest BCUT2D eigenvalue weighted by molar-refractivity contribution is 6.04. The first-order valence-corrected chi connectivity index (χ1v) is 8.02. The van der Waals surface area contributed by atoms with Gasteiger partial charge in [-0.2, -0.15) is 14.0 Å². The van der Waals surface area contributed by atoms with Crippen molar-refractivity contribution in [2.45, 2.75) is 26.2 Å². The van der Waals surface area contributed by atoms with E-state index < -0.39 is 22.7 Å². The molecule has 1 aliphatic carbocycles. The van der Waals surface area contributed by atoms with Gasteiger partial charge in [-0.1, -0.05) is 50.3 Å². The quantitative estimate of drug-likeness (QED) is 0.828. The Labute approximate surface area is 144 Å². The van der Waals surface area contributed by atoms with Crippen LogP contribution in [0.3, 0.4) is 0 Å². The summed E-state index contributed by atoms with van der Waals surface area (Å²) in [6, 6.07) is 8.88. The Bertz CT molecular complexity index is 800. The minimum absolute atomic E-state index is 0.0539. The summed E-state index contributed by atoms with van der Waals surface area (Å²) in [5.74, 6) is -5.07. The Balaban J connectivity index is 1.80. The van der Waals surface area contributed by atoms with Crippen LogP contribution in [-0.4, -0.2) is 29.7 Å². The number of likely N-dealkylation sites (tertiary alicyclic amines) is 1. The SMILES string of the molecule is CC1(C)CC2(C=C(C#N)C1=O)CN(C(=O)C(F)(F)c1ccccc1)C2. The summed E-state index contributed by atoms with van der Waals surface area (Å²) < 4.78 is 28.8. The zero-order chi connectivity index (χ0) is 18.5. The number of hydrogen-bond donors (Lipinski definition) is 0. The van der Waals surface area contributed by atoms with E-state index >= 15 is 0 Å². The number of ketones is 1. The van der Waals surface area contributed by atoms with Gasteiger partial charge in [0.2, 0.25) is 0 Å². The molecule has 1 aromatic rings. The van der Waals surface area contributed by atoms with Crippen molar-refractivity contribution < 1.29 is 18.4 Å². The van der Waals surface area contributed by atoms with E-state index in [9.17, 15) is 18.4 Å². The normalized spacial score (nSPS) is 21.3. The van der Waals surface area contributed by atoms with Gasteiger partial charge in [-0.05, 0) is 6.42 Å². The fourth-order valence-corrected chi connectivity index (χ4v) is 3.86. The lowest BCUT2D eigenvalue weighted by Crippen LogP contribution is -2.63. The molecule has 3 rings (SSSR count). The lowest BCUT2D eigenvalue weighted by atomic mass is 9.61. The molecule has 0 N–H and O–H groups in total. The Kier molecular flexibility index (Phi) is 3.79. The van der Waals surface area contributed by atoms with Gasteiger partial charge < -0.3 is 4.90 Å². The molecular formula is C19H18F2N2O2. The third-order valence-corrected chi connectivity index (χ3v) is 4.93. The molecule has 6 heteroatoms. The topological polar surface area (TPSA) is 61.2 Å². The van der Waals surface area contributed by atoms with Gasteiger partial charge in [0, 0.05) is 29.5 Å².